The summed E-state index contributed by atoms with van der Waals surface area (Å²) in [5, 5.41) is 16.6. The number of methoxy groups -OCH3 is 1. The third-order valence-electron chi connectivity index (χ3n) is 5.41. The van der Waals surface area contributed by atoms with E-state index >= 15 is 0 Å². The second-order valence-electron chi connectivity index (χ2n) is 9.37. The molecule has 0 aliphatic carbocycles. The molecule has 1 aromatic heterocycles. The van der Waals surface area contributed by atoms with E-state index in [0.29, 0.717) is 42.8 Å². The molecule has 0 aliphatic rings. The van der Waals surface area contributed by atoms with Crippen LogP contribution in [0.2, 0.25) is 0 Å². The number of amides is 1. The molecule has 0 saturated carbocycles. The number of nitrogens with zero attached hydrogens (tertiary/aromatic N) is 2. The van der Waals surface area contributed by atoms with E-state index in [1.807, 2.05) is 13.0 Å². The van der Waals surface area contributed by atoms with Gasteiger partial charge in [-0.25, -0.2) is 14.2 Å². The summed E-state index contributed by atoms with van der Waals surface area (Å²) in [6.45, 7) is 6.63. The standard InChI is InChI=1S/C26H32FN5O2.C2HF3O2/c1-17(2)15-23(25(33)30-21-9-11-22(34-4)12-10-21)31-24-16-18(3)29-26(32-24)28-14-13-19-5-7-20(27)8-6-19;3-2(4,5)1(6)7/h5-12,16-17,23H,13-15H2,1-4H3,(H,30,33)(H2,28,29,31,32);(H,6,7)/t23-;/m0./s1. The molecule has 9 nitrogen and oxygen atoms in total. The van der Waals surface area contributed by atoms with Gasteiger partial charge in [0.1, 0.15) is 23.4 Å². The Morgan fingerprint density at radius 2 is 1.63 bits per heavy atom. The lowest BCUT2D eigenvalue weighted by atomic mass is 10.0. The number of hydrogen-bond donors (Lipinski definition) is 4. The topological polar surface area (TPSA) is 125 Å². The molecule has 0 saturated heterocycles. The predicted octanol–water partition coefficient (Wildman–Crippen LogP) is 5.69. The Morgan fingerprint density at radius 1 is 1.02 bits per heavy atom. The van der Waals surface area contributed by atoms with E-state index in [1.54, 1.807) is 43.5 Å². The summed E-state index contributed by atoms with van der Waals surface area (Å²) >= 11 is 0. The number of alkyl halides is 3. The van der Waals surface area contributed by atoms with Gasteiger partial charge in [-0.15, -0.1) is 0 Å². The normalized spacial score (nSPS) is 11.6. The van der Waals surface area contributed by atoms with E-state index in [2.05, 4.69) is 39.8 Å². The molecule has 0 unspecified atom stereocenters. The highest BCUT2D eigenvalue weighted by atomic mass is 19.4. The second-order valence-corrected chi connectivity index (χ2v) is 9.37. The largest absolute Gasteiger partial charge is 0.497 e. The summed E-state index contributed by atoms with van der Waals surface area (Å²) in [6, 6.07) is 15.0. The molecule has 13 heteroatoms. The van der Waals surface area contributed by atoms with Gasteiger partial charge in [-0.1, -0.05) is 26.0 Å². The van der Waals surface area contributed by atoms with Gasteiger partial charge < -0.3 is 25.8 Å². The van der Waals surface area contributed by atoms with Gasteiger partial charge in [-0.05, 0) is 67.6 Å². The number of hydrogen-bond acceptors (Lipinski definition) is 7. The van der Waals surface area contributed by atoms with Crippen LogP contribution in [-0.4, -0.2) is 52.8 Å². The van der Waals surface area contributed by atoms with Crippen molar-refractivity contribution in [3.05, 3.63) is 71.7 Å². The van der Waals surface area contributed by atoms with Crippen LogP contribution in [0.1, 0.15) is 31.5 Å². The first-order valence-corrected chi connectivity index (χ1v) is 12.6. The second kappa shape index (κ2) is 15.4. The van der Waals surface area contributed by atoms with Gasteiger partial charge in [0.05, 0.1) is 7.11 Å². The summed E-state index contributed by atoms with van der Waals surface area (Å²) in [5.74, 6) is -1.06. The van der Waals surface area contributed by atoms with E-state index in [0.717, 1.165) is 17.0 Å². The zero-order valence-electron chi connectivity index (χ0n) is 23.1. The molecule has 3 aromatic rings. The van der Waals surface area contributed by atoms with Crippen LogP contribution < -0.4 is 20.7 Å². The van der Waals surface area contributed by atoms with Crippen molar-refractivity contribution < 1.29 is 37.0 Å². The molecule has 41 heavy (non-hydrogen) atoms. The highest BCUT2D eigenvalue weighted by Gasteiger charge is 2.38. The monoisotopic (exact) mass is 579 g/mol. The number of halogens is 4. The van der Waals surface area contributed by atoms with E-state index in [-0.39, 0.29) is 11.7 Å². The van der Waals surface area contributed by atoms with Crippen LogP contribution in [0.25, 0.3) is 0 Å². The van der Waals surface area contributed by atoms with Gasteiger partial charge in [0.25, 0.3) is 0 Å². The van der Waals surface area contributed by atoms with Crippen molar-refractivity contribution in [2.24, 2.45) is 5.92 Å². The molecule has 1 amide bonds. The lowest BCUT2D eigenvalue weighted by molar-refractivity contribution is -0.192. The van der Waals surface area contributed by atoms with Crippen LogP contribution >= 0.6 is 0 Å². The lowest BCUT2D eigenvalue weighted by Gasteiger charge is -2.21. The number of carbonyl (C=O) groups excluding carboxylic acids is 1. The summed E-state index contributed by atoms with van der Waals surface area (Å²) in [5.41, 5.74) is 2.50. The average Bonchev–Trinajstić information content (AvgIpc) is 2.89. The summed E-state index contributed by atoms with van der Waals surface area (Å²) < 4.78 is 50.0. The quantitative estimate of drug-likeness (QED) is 0.214. The van der Waals surface area contributed by atoms with Crippen molar-refractivity contribution in [1.82, 2.24) is 9.97 Å². The summed E-state index contributed by atoms with van der Waals surface area (Å²) in [6.07, 6.45) is -3.74. The fraction of sp³-hybridized carbons (Fsp3) is 0.357. The molecule has 0 radical (unpaired) electrons. The molecule has 4 N–H and O–H groups in total. The first-order chi connectivity index (χ1) is 19.3. The van der Waals surface area contributed by atoms with Gasteiger partial charge in [-0.3, -0.25) is 4.79 Å². The van der Waals surface area contributed by atoms with Crippen LogP contribution in [0, 0.1) is 18.7 Å². The Hall–Kier alpha value is -4.42. The highest BCUT2D eigenvalue weighted by Crippen LogP contribution is 2.19. The van der Waals surface area contributed by atoms with Crippen LogP contribution in [0.5, 0.6) is 5.75 Å². The van der Waals surface area contributed by atoms with Gasteiger partial charge in [0.15, 0.2) is 0 Å². The van der Waals surface area contributed by atoms with E-state index in [9.17, 15) is 22.4 Å². The number of carboxylic acid groups (broad SMARTS) is 1. The molecule has 0 aliphatic heterocycles. The minimum absolute atomic E-state index is 0.138. The fourth-order valence-corrected chi connectivity index (χ4v) is 3.48. The maximum absolute atomic E-state index is 13.1. The first kappa shape index (κ1) is 32.8. The van der Waals surface area contributed by atoms with Crippen LogP contribution in [0.4, 0.5) is 35.0 Å². The number of aryl methyl sites for hydroxylation is 1. The predicted molar refractivity (Wildman–Crippen MR) is 148 cm³/mol. The van der Waals surface area contributed by atoms with Gasteiger partial charge in [-0.2, -0.15) is 18.2 Å². The Labute approximate surface area is 235 Å². The van der Waals surface area contributed by atoms with E-state index in [1.165, 1.54) is 12.1 Å². The van der Waals surface area contributed by atoms with E-state index < -0.39 is 18.2 Å². The maximum Gasteiger partial charge on any atom is 0.490 e. The highest BCUT2D eigenvalue weighted by molar-refractivity contribution is 5.96. The minimum Gasteiger partial charge on any atom is -0.497 e. The molecule has 222 valence electrons. The van der Waals surface area contributed by atoms with Crippen molar-refractivity contribution in [3.63, 3.8) is 0 Å². The van der Waals surface area contributed by atoms with Gasteiger partial charge >= 0.3 is 12.1 Å². The molecule has 0 spiro atoms. The Morgan fingerprint density at radius 3 is 2.17 bits per heavy atom. The van der Waals surface area contributed by atoms with Crippen LogP contribution in [-0.2, 0) is 16.0 Å². The van der Waals surface area contributed by atoms with Crippen molar-refractivity contribution in [2.45, 2.75) is 45.8 Å². The average molecular weight is 580 g/mol. The number of ether oxygens (including phenoxy) is 1. The zero-order chi connectivity index (χ0) is 30.6. The molecule has 1 heterocycles. The Kier molecular flexibility index (Phi) is 12.3. The zero-order valence-corrected chi connectivity index (χ0v) is 23.1. The van der Waals surface area contributed by atoms with Gasteiger partial charge in [0, 0.05) is 24.0 Å². The number of anilines is 3. The van der Waals surface area contributed by atoms with Crippen molar-refractivity contribution in [3.8, 4) is 5.75 Å². The molecule has 1 atom stereocenters. The number of benzene rings is 2. The summed E-state index contributed by atoms with van der Waals surface area (Å²) in [4.78, 5) is 30.9. The van der Waals surface area contributed by atoms with Gasteiger partial charge in [0.2, 0.25) is 11.9 Å². The third kappa shape index (κ3) is 12.1. The van der Waals surface area contributed by atoms with Crippen molar-refractivity contribution >= 4 is 29.3 Å². The number of carbonyl (C=O) groups is 2. The summed E-state index contributed by atoms with van der Waals surface area (Å²) in [7, 11) is 1.60. The molecule has 0 bridgehead atoms. The smallest absolute Gasteiger partial charge is 0.490 e. The third-order valence-corrected chi connectivity index (χ3v) is 5.41. The number of aliphatic carboxylic acids is 1. The van der Waals surface area contributed by atoms with Crippen molar-refractivity contribution in [2.75, 3.05) is 29.6 Å². The molecule has 2 aromatic carbocycles. The minimum atomic E-state index is -5.08. The van der Waals surface area contributed by atoms with Crippen LogP contribution in [0.15, 0.2) is 54.6 Å². The lowest BCUT2D eigenvalue weighted by Crippen LogP contribution is -2.36. The van der Waals surface area contributed by atoms with Crippen molar-refractivity contribution in [1.29, 1.82) is 0 Å². The van der Waals surface area contributed by atoms with E-state index in [4.69, 9.17) is 14.6 Å². The van der Waals surface area contributed by atoms with Crippen LogP contribution in [0.3, 0.4) is 0 Å². The Bertz CT molecular complexity index is 1270. The number of rotatable bonds is 11. The SMILES string of the molecule is COc1ccc(NC(=O)[C@H](CC(C)C)Nc2cc(C)nc(NCCc3ccc(F)cc3)n2)cc1.O=C(O)C(F)(F)F. The molecular weight excluding hydrogens is 546 g/mol. The molecule has 0 fully saturated rings. The number of aromatic nitrogens is 2. The maximum atomic E-state index is 13.1. The number of nitrogens with one attached hydrogen (secondary N) is 3. The first-order valence-electron chi connectivity index (χ1n) is 12.6. The fourth-order valence-electron chi connectivity index (χ4n) is 3.48. The molecular formula is C28H33F4N5O4. The Balaban J connectivity index is 0.000000745. The molecule has 3 rings (SSSR count). The number of carboxylic acids is 1.